The van der Waals surface area contributed by atoms with Gasteiger partial charge >= 0.3 is 0 Å². The molecule has 5 heteroatoms. The van der Waals surface area contributed by atoms with E-state index in [-0.39, 0.29) is 39.2 Å². The quantitative estimate of drug-likeness (QED) is 0.154. The number of nitrogens with zero attached hydrogens (tertiary/aromatic N) is 4. The average Bonchev–Trinajstić information content (AvgIpc) is 2.11. The van der Waals surface area contributed by atoms with Crippen LogP contribution in [0.1, 0.15) is 158 Å². The highest BCUT2D eigenvalue weighted by atomic mass is 15.2. The van der Waals surface area contributed by atoms with E-state index in [9.17, 15) is 0 Å². The van der Waals surface area contributed by atoms with Gasteiger partial charge in [0.25, 0.3) is 6.71 Å². The van der Waals surface area contributed by atoms with Crippen molar-refractivity contribution in [2.45, 2.75) is 157 Å². The van der Waals surface area contributed by atoms with Crippen LogP contribution in [0, 0.1) is 0 Å². The first-order valence-electron chi connectivity index (χ1n) is 30.3. The van der Waals surface area contributed by atoms with E-state index in [4.69, 9.17) is 0 Å². The zero-order valence-electron chi connectivity index (χ0n) is 52.8. The Morgan fingerprint density at radius 1 is 0.289 bits per heavy atom. The Hall–Kier alpha value is -7.76. The summed E-state index contributed by atoms with van der Waals surface area (Å²) in [5, 5.41) is 2.50. The van der Waals surface area contributed by atoms with Crippen molar-refractivity contribution in [1.29, 1.82) is 0 Å². The van der Waals surface area contributed by atoms with E-state index in [2.05, 4.69) is 332 Å². The van der Waals surface area contributed by atoms with E-state index >= 15 is 0 Å². The van der Waals surface area contributed by atoms with Crippen LogP contribution < -0.4 is 31.1 Å². The summed E-state index contributed by atoms with van der Waals surface area (Å²) in [6.45, 7) is 41.8. The van der Waals surface area contributed by atoms with Gasteiger partial charge in [-0.2, -0.15) is 0 Å². The van der Waals surface area contributed by atoms with Crippen molar-refractivity contribution >= 4 is 96.1 Å². The topological polar surface area (TPSA) is 14.7 Å². The van der Waals surface area contributed by atoms with Crippen LogP contribution >= 0.6 is 0 Å². The SMILES string of the molecule is CC(C)(C)c1ccc(N(c2ccc3c(c2)N(c2ccc(C(C)(C)C)cc2)c2cc(C(C)(C)C)cc4c2B3c2cc(C(C)(C)C)ccc2N4c2ccc(C(C)(C)C)cc2)c2ccc3c4cc(C(C)(C)C)ccc4n(-c4ccccc4)c3c2)cc1. The first-order chi connectivity index (χ1) is 38.9. The lowest BCUT2D eigenvalue weighted by molar-refractivity contribution is 0.589. The lowest BCUT2D eigenvalue weighted by atomic mass is 9.33. The van der Waals surface area contributed by atoms with Gasteiger partial charge in [0.05, 0.1) is 11.0 Å². The predicted octanol–water partition coefficient (Wildman–Crippen LogP) is 20.1. The molecule has 2 aliphatic rings. The Kier molecular flexibility index (Phi) is 13.0. The van der Waals surface area contributed by atoms with Crippen LogP contribution in [0.15, 0.2) is 188 Å². The van der Waals surface area contributed by atoms with Gasteiger partial charge in [0.1, 0.15) is 0 Å². The summed E-state index contributed by atoms with van der Waals surface area (Å²) in [5.41, 5.74) is 25.6. The molecule has 0 fully saturated rings. The highest BCUT2D eigenvalue weighted by molar-refractivity contribution is 7.00. The molecule has 4 nitrogen and oxygen atoms in total. The zero-order chi connectivity index (χ0) is 59.1. The van der Waals surface area contributed by atoms with E-state index in [0.717, 1.165) is 28.4 Å². The number of hydrogen-bond acceptors (Lipinski definition) is 3. The molecule has 0 N–H and O–H groups in total. The first-order valence-corrected chi connectivity index (χ1v) is 30.3. The van der Waals surface area contributed by atoms with Crippen molar-refractivity contribution in [2.24, 2.45) is 0 Å². The van der Waals surface area contributed by atoms with Gasteiger partial charge in [-0.05, 0) is 185 Å². The molecule has 2 aliphatic heterocycles. The monoisotopic (exact) mass is 1090 g/mol. The van der Waals surface area contributed by atoms with Crippen LogP contribution in [-0.2, 0) is 32.5 Å². The Morgan fingerprint density at radius 3 is 1.27 bits per heavy atom. The van der Waals surface area contributed by atoms with Crippen molar-refractivity contribution < 1.29 is 0 Å². The minimum Gasteiger partial charge on any atom is -0.311 e. The van der Waals surface area contributed by atoms with Gasteiger partial charge in [-0.15, -0.1) is 0 Å². The number of para-hydroxylation sites is 1. The van der Waals surface area contributed by atoms with E-state index in [0.29, 0.717) is 0 Å². The molecule has 420 valence electrons. The number of fused-ring (bicyclic) bond motifs is 7. The molecular formula is C78H85BN4. The maximum atomic E-state index is 2.61. The van der Waals surface area contributed by atoms with Crippen LogP contribution in [-0.4, -0.2) is 11.3 Å². The van der Waals surface area contributed by atoms with Crippen LogP contribution in [0.5, 0.6) is 0 Å². The van der Waals surface area contributed by atoms with Gasteiger partial charge in [-0.1, -0.05) is 210 Å². The molecule has 0 saturated heterocycles. The first kappa shape index (κ1) is 55.8. The zero-order valence-corrected chi connectivity index (χ0v) is 52.8. The molecule has 0 amide bonds. The van der Waals surface area contributed by atoms with Crippen molar-refractivity contribution in [1.82, 2.24) is 4.57 Å². The fraction of sp³-hybridized carbons (Fsp3) is 0.308. The highest BCUT2D eigenvalue weighted by Gasteiger charge is 2.45. The summed E-state index contributed by atoms with van der Waals surface area (Å²) in [7, 11) is 0. The maximum absolute atomic E-state index is 2.61. The third kappa shape index (κ3) is 9.86. The van der Waals surface area contributed by atoms with Gasteiger partial charge in [0.2, 0.25) is 0 Å². The summed E-state index contributed by atoms with van der Waals surface area (Å²) in [4.78, 5) is 7.69. The van der Waals surface area contributed by atoms with Crippen LogP contribution in [0.4, 0.5) is 51.2 Å². The molecule has 1 aromatic heterocycles. The summed E-state index contributed by atoms with van der Waals surface area (Å²) in [6, 6.07) is 73.1. The molecule has 0 bridgehead atoms. The number of aromatic nitrogens is 1. The lowest BCUT2D eigenvalue weighted by Crippen LogP contribution is -2.61. The van der Waals surface area contributed by atoms with Gasteiger partial charge in [0, 0.05) is 67.6 Å². The predicted molar refractivity (Wildman–Crippen MR) is 362 cm³/mol. The van der Waals surface area contributed by atoms with Crippen LogP contribution in [0.2, 0.25) is 0 Å². The molecule has 0 aliphatic carbocycles. The highest BCUT2D eigenvalue weighted by Crippen LogP contribution is 2.49. The Balaban J connectivity index is 1.16. The Labute approximate surface area is 496 Å². The number of rotatable bonds is 6. The normalized spacial score (nSPS) is 13.8. The second-order valence-corrected chi connectivity index (χ2v) is 30.1. The maximum Gasteiger partial charge on any atom is 0.252 e. The van der Waals surface area contributed by atoms with E-state index < -0.39 is 0 Å². The lowest BCUT2D eigenvalue weighted by Gasteiger charge is -2.45. The van der Waals surface area contributed by atoms with Crippen molar-refractivity contribution in [3.05, 3.63) is 221 Å². The summed E-state index contributed by atoms with van der Waals surface area (Å²) >= 11 is 0. The van der Waals surface area contributed by atoms with Gasteiger partial charge in [-0.3, -0.25) is 0 Å². The second-order valence-electron chi connectivity index (χ2n) is 30.1. The molecule has 0 saturated carbocycles. The largest absolute Gasteiger partial charge is 0.311 e. The van der Waals surface area contributed by atoms with Crippen molar-refractivity contribution in [3.63, 3.8) is 0 Å². The molecular weight excluding hydrogens is 1000 g/mol. The summed E-state index contributed by atoms with van der Waals surface area (Å²) in [6.07, 6.45) is 0. The molecule has 10 aromatic rings. The molecule has 0 radical (unpaired) electrons. The molecule has 83 heavy (non-hydrogen) atoms. The number of hydrogen-bond donors (Lipinski definition) is 0. The van der Waals surface area contributed by atoms with Crippen LogP contribution in [0.3, 0.4) is 0 Å². The van der Waals surface area contributed by atoms with E-state index in [1.54, 1.807) is 0 Å². The molecule has 3 heterocycles. The molecule has 0 atom stereocenters. The van der Waals surface area contributed by atoms with E-state index in [1.807, 2.05) is 0 Å². The van der Waals surface area contributed by atoms with Gasteiger partial charge < -0.3 is 19.3 Å². The average molecular weight is 1090 g/mol. The second kappa shape index (κ2) is 19.4. The minimum absolute atomic E-state index is 0.00299. The summed E-state index contributed by atoms with van der Waals surface area (Å²) < 4.78 is 2.47. The summed E-state index contributed by atoms with van der Waals surface area (Å²) in [5.74, 6) is 0. The standard InChI is InChI=1S/C78H85BN4/c1-73(2,3)50-24-32-57(33-25-50)80(60-38-40-62-63-44-53(76(10,11)12)30-42-66(63)81(68(62)48-60)56-22-20-19-21-23-56)61-39-41-64-69(49-61)83(59-36-28-52(29-37-59)75(7,8)9)71-47-55(78(16,17)18)46-70-72(71)79(64)65-45-54(77(13,14)15)31-43-67(65)82(70)58-34-26-51(27-35-58)74(4,5)6/h19-49H,1-18H3. The fourth-order valence-corrected chi connectivity index (χ4v) is 12.8. The molecule has 9 aromatic carbocycles. The smallest absolute Gasteiger partial charge is 0.252 e. The minimum atomic E-state index is -0.158. The Bertz CT molecular complexity index is 4120. The molecule has 0 spiro atoms. The molecule has 12 rings (SSSR count). The fourth-order valence-electron chi connectivity index (χ4n) is 12.8. The van der Waals surface area contributed by atoms with Gasteiger partial charge in [0.15, 0.2) is 0 Å². The number of benzene rings is 9. The van der Waals surface area contributed by atoms with E-state index in [1.165, 1.54) is 100 Å². The van der Waals surface area contributed by atoms with Crippen molar-refractivity contribution in [2.75, 3.05) is 14.7 Å². The Morgan fingerprint density at radius 2 is 0.735 bits per heavy atom. The van der Waals surface area contributed by atoms with Crippen molar-refractivity contribution in [3.8, 4) is 5.69 Å². The number of anilines is 9. The van der Waals surface area contributed by atoms with Crippen LogP contribution in [0.25, 0.3) is 27.5 Å². The third-order valence-corrected chi connectivity index (χ3v) is 17.9. The third-order valence-electron chi connectivity index (χ3n) is 17.9. The molecule has 0 unspecified atom stereocenters. The van der Waals surface area contributed by atoms with Gasteiger partial charge in [-0.25, -0.2) is 0 Å².